The van der Waals surface area contributed by atoms with E-state index in [9.17, 15) is 13.6 Å². The molecule has 1 fully saturated rings. The number of benzene rings is 1. The first-order chi connectivity index (χ1) is 8.09. The first-order valence-corrected chi connectivity index (χ1v) is 5.68. The minimum Gasteiger partial charge on any atom is -0.465 e. The van der Waals surface area contributed by atoms with Gasteiger partial charge in [0.2, 0.25) is 0 Å². The van der Waals surface area contributed by atoms with Crippen LogP contribution in [0.4, 0.5) is 8.78 Å². The van der Waals surface area contributed by atoms with Crippen LogP contribution < -0.4 is 0 Å². The Hall–Kier alpha value is -1.45. The van der Waals surface area contributed by atoms with Gasteiger partial charge in [0.1, 0.15) is 5.92 Å². The van der Waals surface area contributed by atoms with Crippen LogP contribution in [0.2, 0.25) is 0 Å². The summed E-state index contributed by atoms with van der Waals surface area (Å²) >= 11 is 0. The lowest BCUT2D eigenvalue weighted by molar-refractivity contribution is -0.183. The molecule has 1 unspecified atom stereocenters. The van der Waals surface area contributed by atoms with Crippen LogP contribution in [0.1, 0.15) is 18.4 Å². The third-order valence-electron chi connectivity index (χ3n) is 3.04. The van der Waals surface area contributed by atoms with E-state index in [1.807, 2.05) is 30.3 Å². The van der Waals surface area contributed by atoms with Crippen molar-refractivity contribution in [3.63, 3.8) is 0 Å². The van der Waals surface area contributed by atoms with Crippen molar-refractivity contribution in [2.45, 2.75) is 25.2 Å². The monoisotopic (exact) mass is 240 g/mol. The molecule has 1 aliphatic rings. The van der Waals surface area contributed by atoms with Gasteiger partial charge in [-0.15, -0.1) is 0 Å². The van der Waals surface area contributed by atoms with Gasteiger partial charge in [-0.1, -0.05) is 30.3 Å². The normalized spacial score (nSPS) is 21.6. The number of esters is 1. The van der Waals surface area contributed by atoms with Gasteiger partial charge in [0.25, 0.3) is 5.92 Å². The summed E-state index contributed by atoms with van der Waals surface area (Å²) < 4.78 is 30.7. The first kappa shape index (κ1) is 12.0. The molecule has 1 aliphatic carbocycles. The van der Waals surface area contributed by atoms with Crippen molar-refractivity contribution >= 4 is 5.97 Å². The van der Waals surface area contributed by atoms with Crippen LogP contribution >= 0.6 is 0 Å². The molecule has 0 heterocycles. The highest BCUT2D eigenvalue weighted by Gasteiger charge is 2.53. The summed E-state index contributed by atoms with van der Waals surface area (Å²) in [4.78, 5) is 11.3. The molecule has 1 aromatic rings. The molecule has 92 valence electrons. The summed E-state index contributed by atoms with van der Waals surface area (Å²) in [6.45, 7) is 0.162. The molecule has 0 aromatic heterocycles. The Morgan fingerprint density at radius 2 is 2.06 bits per heavy atom. The first-order valence-electron chi connectivity index (χ1n) is 5.68. The third kappa shape index (κ3) is 2.81. The maximum absolute atomic E-state index is 12.9. The van der Waals surface area contributed by atoms with Crippen molar-refractivity contribution in [2.75, 3.05) is 6.61 Å². The zero-order chi connectivity index (χ0) is 12.3. The van der Waals surface area contributed by atoms with Gasteiger partial charge in [0.15, 0.2) is 0 Å². The van der Waals surface area contributed by atoms with Crippen LogP contribution in [0.15, 0.2) is 30.3 Å². The number of carbonyl (C=O) groups is 1. The molecule has 4 heteroatoms. The summed E-state index contributed by atoms with van der Waals surface area (Å²) in [5.74, 6) is -4.85. The molecule has 0 N–H and O–H groups in total. The average Bonchev–Trinajstić information content (AvgIpc) is 2.29. The van der Waals surface area contributed by atoms with Crippen molar-refractivity contribution in [1.82, 2.24) is 0 Å². The fraction of sp³-hybridized carbons (Fsp3) is 0.462. The van der Waals surface area contributed by atoms with Crippen LogP contribution in [-0.4, -0.2) is 18.5 Å². The lowest BCUT2D eigenvalue weighted by atomic mass is 9.81. The maximum atomic E-state index is 12.9. The van der Waals surface area contributed by atoms with Crippen LogP contribution in [0.25, 0.3) is 0 Å². The molecule has 1 atom stereocenters. The number of halogens is 2. The Bertz CT molecular complexity index is 390. The molecule has 17 heavy (non-hydrogen) atoms. The molecule has 0 bridgehead atoms. The fourth-order valence-corrected chi connectivity index (χ4v) is 1.81. The maximum Gasteiger partial charge on any atom is 0.315 e. The van der Waals surface area contributed by atoms with E-state index in [1.54, 1.807) is 0 Å². The van der Waals surface area contributed by atoms with Crippen molar-refractivity contribution in [3.8, 4) is 0 Å². The molecule has 2 nitrogen and oxygen atoms in total. The molecular formula is C13H14F2O2. The van der Waals surface area contributed by atoms with E-state index in [-0.39, 0.29) is 19.4 Å². The lowest BCUT2D eigenvalue weighted by Gasteiger charge is -2.33. The molecule has 0 spiro atoms. The van der Waals surface area contributed by atoms with Crippen LogP contribution in [0, 0.1) is 5.92 Å². The number of ether oxygens (including phenoxy) is 1. The Morgan fingerprint density at radius 1 is 1.35 bits per heavy atom. The standard InChI is InChI=1S/C13H14F2O2/c14-13(15)8-6-11(13)12(16)17-9-7-10-4-2-1-3-5-10/h1-5,11H,6-9H2. The second-order valence-corrected chi connectivity index (χ2v) is 4.26. The van der Waals surface area contributed by atoms with Gasteiger partial charge in [0.05, 0.1) is 6.61 Å². The van der Waals surface area contributed by atoms with Gasteiger partial charge in [-0.05, 0) is 12.0 Å². The zero-order valence-electron chi connectivity index (χ0n) is 9.36. The Balaban J connectivity index is 1.74. The molecular weight excluding hydrogens is 226 g/mol. The van der Waals surface area contributed by atoms with Crippen molar-refractivity contribution in [1.29, 1.82) is 0 Å². The van der Waals surface area contributed by atoms with E-state index >= 15 is 0 Å². The molecule has 0 aliphatic heterocycles. The van der Waals surface area contributed by atoms with Crippen LogP contribution in [0.3, 0.4) is 0 Å². The van der Waals surface area contributed by atoms with E-state index < -0.39 is 17.8 Å². The number of alkyl halides is 2. The Morgan fingerprint density at radius 3 is 2.59 bits per heavy atom. The number of carbonyl (C=O) groups excluding carboxylic acids is 1. The topological polar surface area (TPSA) is 26.3 Å². The van der Waals surface area contributed by atoms with E-state index in [4.69, 9.17) is 4.74 Å². The predicted molar refractivity (Wildman–Crippen MR) is 58.8 cm³/mol. The number of hydrogen-bond donors (Lipinski definition) is 0. The molecule has 0 saturated heterocycles. The second-order valence-electron chi connectivity index (χ2n) is 4.26. The Kier molecular flexibility index (Phi) is 3.41. The van der Waals surface area contributed by atoms with Crippen LogP contribution in [-0.2, 0) is 16.0 Å². The smallest absolute Gasteiger partial charge is 0.315 e. The molecule has 1 aromatic carbocycles. The SMILES string of the molecule is O=C(OCCc1ccccc1)C1CCC1(F)F. The van der Waals surface area contributed by atoms with Crippen molar-refractivity contribution in [2.24, 2.45) is 5.92 Å². The van der Waals surface area contributed by atoms with Gasteiger partial charge >= 0.3 is 5.97 Å². The summed E-state index contributed by atoms with van der Waals surface area (Å²) in [7, 11) is 0. The molecule has 2 rings (SSSR count). The van der Waals surface area contributed by atoms with Crippen molar-refractivity contribution < 1.29 is 18.3 Å². The highest BCUT2D eigenvalue weighted by Crippen LogP contribution is 2.43. The van der Waals surface area contributed by atoms with Crippen molar-refractivity contribution in [3.05, 3.63) is 35.9 Å². The largest absolute Gasteiger partial charge is 0.465 e. The van der Waals surface area contributed by atoms with E-state index in [0.29, 0.717) is 6.42 Å². The van der Waals surface area contributed by atoms with Crippen LogP contribution in [0.5, 0.6) is 0 Å². The number of hydrogen-bond acceptors (Lipinski definition) is 2. The highest BCUT2D eigenvalue weighted by molar-refractivity contribution is 5.74. The minimum absolute atomic E-state index is 0.162. The quantitative estimate of drug-likeness (QED) is 0.756. The second kappa shape index (κ2) is 4.82. The zero-order valence-corrected chi connectivity index (χ0v) is 9.36. The average molecular weight is 240 g/mol. The molecule has 1 saturated carbocycles. The summed E-state index contributed by atoms with van der Waals surface area (Å²) in [5, 5.41) is 0. The summed E-state index contributed by atoms with van der Waals surface area (Å²) in [5.41, 5.74) is 1.03. The van der Waals surface area contributed by atoms with Gasteiger partial charge in [-0.25, -0.2) is 8.78 Å². The van der Waals surface area contributed by atoms with E-state index in [2.05, 4.69) is 0 Å². The van der Waals surface area contributed by atoms with E-state index in [1.165, 1.54) is 0 Å². The summed E-state index contributed by atoms with van der Waals surface area (Å²) in [6.07, 6.45) is 0.591. The highest BCUT2D eigenvalue weighted by atomic mass is 19.3. The van der Waals surface area contributed by atoms with Gasteiger partial charge < -0.3 is 4.74 Å². The fourth-order valence-electron chi connectivity index (χ4n) is 1.81. The van der Waals surface area contributed by atoms with Gasteiger partial charge in [-0.2, -0.15) is 0 Å². The number of rotatable bonds is 4. The predicted octanol–water partition coefficient (Wildman–Crippen LogP) is 2.82. The molecule has 0 amide bonds. The van der Waals surface area contributed by atoms with E-state index in [0.717, 1.165) is 5.56 Å². The summed E-state index contributed by atoms with van der Waals surface area (Å²) in [6, 6.07) is 9.48. The van der Waals surface area contributed by atoms with Gasteiger partial charge in [0, 0.05) is 12.8 Å². The minimum atomic E-state index is -2.86. The third-order valence-corrected chi connectivity index (χ3v) is 3.04. The molecule has 0 radical (unpaired) electrons. The lowest BCUT2D eigenvalue weighted by Crippen LogP contribution is -2.44. The van der Waals surface area contributed by atoms with Gasteiger partial charge in [-0.3, -0.25) is 4.79 Å². The Labute approximate surface area is 98.6 Å².